The Morgan fingerprint density at radius 1 is 1.14 bits per heavy atom. The Bertz CT molecular complexity index is 612. The Hall–Kier alpha value is -1.38. The molecule has 1 heterocycles. The number of nitrogens with zero attached hydrogens (tertiary/aromatic N) is 1. The zero-order valence-corrected chi connectivity index (χ0v) is 13.4. The van der Waals surface area contributed by atoms with E-state index in [9.17, 15) is 0 Å². The third-order valence-electron chi connectivity index (χ3n) is 4.74. The van der Waals surface area contributed by atoms with Gasteiger partial charge in [-0.2, -0.15) is 0 Å². The van der Waals surface area contributed by atoms with Crippen LogP contribution in [-0.2, 0) is 0 Å². The van der Waals surface area contributed by atoms with Gasteiger partial charge in [0.05, 0.1) is 0 Å². The first-order chi connectivity index (χ1) is 10.1. The fraction of sp³-hybridized carbons (Fsp3) is 0.474. The molecule has 0 saturated carbocycles. The van der Waals surface area contributed by atoms with E-state index in [1.165, 1.54) is 35.8 Å². The standard InChI is InChI=1S/C19H26N2/c1-19(2)11-12-21(14-19)13-18(20-3)17-10-6-8-15-7-4-5-9-16(15)17/h4-10,18,20H,11-14H2,1-3H3. The second-order valence-corrected chi connectivity index (χ2v) is 7.06. The highest BCUT2D eigenvalue weighted by Gasteiger charge is 2.30. The molecule has 1 N–H and O–H groups in total. The second-order valence-electron chi connectivity index (χ2n) is 7.06. The largest absolute Gasteiger partial charge is 0.312 e. The summed E-state index contributed by atoms with van der Waals surface area (Å²) in [7, 11) is 2.08. The lowest BCUT2D eigenvalue weighted by Crippen LogP contribution is -2.33. The Labute approximate surface area is 128 Å². The van der Waals surface area contributed by atoms with Gasteiger partial charge in [-0.15, -0.1) is 0 Å². The molecule has 112 valence electrons. The van der Waals surface area contributed by atoms with Crippen LogP contribution < -0.4 is 5.32 Å². The van der Waals surface area contributed by atoms with Crippen molar-refractivity contribution in [2.24, 2.45) is 5.41 Å². The fourth-order valence-corrected chi connectivity index (χ4v) is 3.54. The highest BCUT2D eigenvalue weighted by atomic mass is 15.2. The van der Waals surface area contributed by atoms with Crippen molar-refractivity contribution in [1.29, 1.82) is 0 Å². The molecule has 1 fully saturated rings. The van der Waals surface area contributed by atoms with Gasteiger partial charge in [0.25, 0.3) is 0 Å². The summed E-state index contributed by atoms with van der Waals surface area (Å²) in [5.41, 5.74) is 1.89. The SMILES string of the molecule is CNC(CN1CCC(C)(C)C1)c1cccc2ccccc12. The van der Waals surface area contributed by atoms with E-state index in [1.54, 1.807) is 0 Å². The van der Waals surface area contributed by atoms with Gasteiger partial charge in [0.2, 0.25) is 0 Å². The maximum Gasteiger partial charge on any atom is 0.0453 e. The number of nitrogens with one attached hydrogen (secondary N) is 1. The lowest BCUT2D eigenvalue weighted by Gasteiger charge is -2.26. The molecule has 1 saturated heterocycles. The molecular weight excluding hydrogens is 256 g/mol. The normalized spacial score (nSPS) is 20.0. The van der Waals surface area contributed by atoms with E-state index < -0.39 is 0 Å². The molecule has 21 heavy (non-hydrogen) atoms. The van der Waals surface area contributed by atoms with E-state index in [1.807, 2.05) is 0 Å². The summed E-state index contributed by atoms with van der Waals surface area (Å²) >= 11 is 0. The molecule has 1 aliphatic heterocycles. The molecule has 0 spiro atoms. The van der Waals surface area contributed by atoms with Crippen LogP contribution in [0.2, 0.25) is 0 Å². The molecule has 2 nitrogen and oxygen atoms in total. The predicted molar refractivity (Wildman–Crippen MR) is 90.6 cm³/mol. The molecule has 0 bridgehead atoms. The first-order valence-corrected chi connectivity index (χ1v) is 7.96. The number of fused-ring (bicyclic) bond motifs is 1. The van der Waals surface area contributed by atoms with Crippen molar-refractivity contribution in [3.05, 3.63) is 48.0 Å². The van der Waals surface area contributed by atoms with Gasteiger partial charge in [-0.25, -0.2) is 0 Å². The van der Waals surface area contributed by atoms with Gasteiger partial charge in [0, 0.05) is 19.1 Å². The van der Waals surface area contributed by atoms with Gasteiger partial charge in [-0.3, -0.25) is 0 Å². The molecule has 2 heteroatoms. The molecule has 2 aromatic rings. The summed E-state index contributed by atoms with van der Waals surface area (Å²) in [6.45, 7) is 8.26. The van der Waals surface area contributed by atoms with Crippen molar-refractivity contribution in [1.82, 2.24) is 10.2 Å². The molecular formula is C19H26N2. The van der Waals surface area contributed by atoms with Crippen molar-refractivity contribution >= 4 is 10.8 Å². The second kappa shape index (κ2) is 5.78. The number of hydrogen-bond acceptors (Lipinski definition) is 2. The average Bonchev–Trinajstić information content (AvgIpc) is 2.83. The van der Waals surface area contributed by atoms with Crippen molar-refractivity contribution in [3.8, 4) is 0 Å². The van der Waals surface area contributed by atoms with Crippen LogP contribution in [-0.4, -0.2) is 31.6 Å². The van der Waals surface area contributed by atoms with Crippen LogP contribution in [0.25, 0.3) is 10.8 Å². The highest BCUT2D eigenvalue weighted by molar-refractivity contribution is 5.86. The monoisotopic (exact) mass is 282 g/mol. The molecule has 2 aromatic carbocycles. The summed E-state index contributed by atoms with van der Waals surface area (Å²) in [6.07, 6.45) is 1.30. The quantitative estimate of drug-likeness (QED) is 0.917. The number of likely N-dealkylation sites (N-methyl/N-ethyl adjacent to an activating group) is 1. The van der Waals surface area contributed by atoms with Crippen molar-refractivity contribution < 1.29 is 0 Å². The van der Waals surface area contributed by atoms with Crippen LogP contribution in [0.15, 0.2) is 42.5 Å². The smallest absolute Gasteiger partial charge is 0.0453 e. The first kappa shape index (κ1) is 14.6. The van der Waals surface area contributed by atoms with Gasteiger partial charge >= 0.3 is 0 Å². The number of benzene rings is 2. The van der Waals surface area contributed by atoms with Crippen molar-refractivity contribution in [3.63, 3.8) is 0 Å². The molecule has 0 radical (unpaired) electrons. The van der Waals surface area contributed by atoms with Gasteiger partial charge in [-0.05, 0) is 41.8 Å². The Balaban J connectivity index is 1.85. The van der Waals surface area contributed by atoms with E-state index in [0.29, 0.717) is 11.5 Å². The maximum absolute atomic E-state index is 3.52. The molecule has 0 aliphatic carbocycles. The summed E-state index contributed by atoms with van der Waals surface area (Å²) in [5, 5.41) is 6.23. The fourth-order valence-electron chi connectivity index (χ4n) is 3.54. The first-order valence-electron chi connectivity index (χ1n) is 7.96. The van der Waals surface area contributed by atoms with Gasteiger partial charge in [0.1, 0.15) is 0 Å². The molecule has 1 aliphatic rings. The maximum atomic E-state index is 3.52. The lowest BCUT2D eigenvalue weighted by atomic mass is 9.93. The topological polar surface area (TPSA) is 15.3 Å². The minimum absolute atomic E-state index is 0.394. The third-order valence-corrected chi connectivity index (χ3v) is 4.74. The Morgan fingerprint density at radius 2 is 1.90 bits per heavy atom. The van der Waals surface area contributed by atoms with Crippen LogP contribution in [0.1, 0.15) is 31.9 Å². The minimum atomic E-state index is 0.394. The minimum Gasteiger partial charge on any atom is -0.312 e. The summed E-state index contributed by atoms with van der Waals surface area (Å²) < 4.78 is 0. The zero-order chi connectivity index (χ0) is 14.9. The van der Waals surface area contributed by atoms with Crippen molar-refractivity contribution in [2.45, 2.75) is 26.3 Å². The number of hydrogen-bond donors (Lipinski definition) is 1. The number of rotatable bonds is 4. The Kier molecular flexibility index (Phi) is 4.01. The number of likely N-dealkylation sites (tertiary alicyclic amines) is 1. The average molecular weight is 282 g/mol. The predicted octanol–water partition coefficient (Wildman–Crippen LogP) is 3.83. The zero-order valence-electron chi connectivity index (χ0n) is 13.4. The summed E-state index contributed by atoms with van der Waals surface area (Å²) in [4.78, 5) is 2.60. The van der Waals surface area contributed by atoms with Gasteiger partial charge < -0.3 is 10.2 Å². The van der Waals surface area contributed by atoms with Crippen molar-refractivity contribution in [2.75, 3.05) is 26.7 Å². The van der Waals surface area contributed by atoms with Gasteiger partial charge in [-0.1, -0.05) is 56.3 Å². The molecule has 0 amide bonds. The molecule has 1 unspecified atom stereocenters. The van der Waals surface area contributed by atoms with E-state index in [2.05, 4.69) is 73.6 Å². The highest BCUT2D eigenvalue weighted by Crippen LogP contribution is 2.31. The van der Waals surface area contributed by atoms with Crippen LogP contribution >= 0.6 is 0 Å². The van der Waals surface area contributed by atoms with Crippen LogP contribution in [0.3, 0.4) is 0 Å². The summed E-state index contributed by atoms with van der Waals surface area (Å²) in [6, 6.07) is 15.7. The van der Waals surface area contributed by atoms with Crippen LogP contribution in [0, 0.1) is 5.41 Å². The molecule has 0 aromatic heterocycles. The van der Waals surface area contributed by atoms with Crippen LogP contribution in [0.4, 0.5) is 0 Å². The summed E-state index contributed by atoms with van der Waals surface area (Å²) in [5.74, 6) is 0. The van der Waals surface area contributed by atoms with Crippen LogP contribution in [0.5, 0.6) is 0 Å². The molecule has 1 atom stereocenters. The lowest BCUT2D eigenvalue weighted by molar-refractivity contribution is 0.265. The van der Waals surface area contributed by atoms with E-state index in [-0.39, 0.29) is 0 Å². The molecule has 3 rings (SSSR count). The Morgan fingerprint density at radius 3 is 2.62 bits per heavy atom. The van der Waals surface area contributed by atoms with E-state index >= 15 is 0 Å². The third kappa shape index (κ3) is 3.12. The van der Waals surface area contributed by atoms with Gasteiger partial charge in [0.15, 0.2) is 0 Å². The van der Waals surface area contributed by atoms with E-state index in [0.717, 1.165) is 6.54 Å². The van der Waals surface area contributed by atoms with E-state index in [4.69, 9.17) is 0 Å².